The summed E-state index contributed by atoms with van der Waals surface area (Å²) in [7, 11) is 0. The van der Waals surface area contributed by atoms with E-state index in [0.717, 1.165) is 4.88 Å². The first-order valence-corrected chi connectivity index (χ1v) is 8.93. The van der Waals surface area contributed by atoms with Crippen LogP contribution in [0.3, 0.4) is 0 Å². The molecule has 126 valence electrons. The van der Waals surface area contributed by atoms with Crippen LogP contribution >= 0.6 is 11.3 Å². The molecule has 2 heterocycles. The SMILES string of the molecule is CC(C)CN1C(=O)c2ccccc2C(C(=O)O)C1(C)c1cccs1. The van der Waals surface area contributed by atoms with Crippen molar-refractivity contribution in [1.82, 2.24) is 4.90 Å². The van der Waals surface area contributed by atoms with Gasteiger partial charge in [0, 0.05) is 17.0 Å². The number of amides is 1. The molecule has 1 amide bonds. The van der Waals surface area contributed by atoms with Crippen molar-refractivity contribution in [3.63, 3.8) is 0 Å². The highest BCUT2D eigenvalue weighted by atomic mass is 32.1. The van der Waals surface area contributed by atoms with Gasteiger partial charge in [-0.2, -0.15) is 0 Å². The highest BCUT2D eigenvalue weighted by molar-refractivity contribution is 7.10. The van der Waals surface area contributed by atoms with Crippen molar-refractivity contribution in [2.45, 2.75) is 32.2 Å². The van der Waals surface area contributed by atoms with Gasteiger partial charge in [0.25, 0.3) is 5.91 Å². The number of aliphatic carboxylic acids is 1. The van der Waals surface area contributed by atoms with Gasteiger partial charge in [0.1, 0.15) is 5.92 Å². The van der Waals surface area contributed by atoms with Gasteiger partial charge in [-0.15, -0.1) is 11.3 Å². The lowest BCUT2D eigenvalue weighted by Crippen LogP contribution is -2.57. The third kappa shape index (κ3) is 2.44. The van der Waals surface area contributed by atoms with E-state index in [-0.39, 0.29) is 11.8 Å². The van der Waals surface area contributed by atoms with Crippen molar-refractivity contribution >= 4 is 23.2 Å². The topological polar surface area (TPSA) is 57.6 Å². The number of nitrogens with zero attached hydrogens (tertiary/aromatic N) is 1. The highest BCUT2D eigenvalue weighted by Gasteiger charge is 2.53. The maximum Gasteiger partial charge on any atom is 0.313 e. The molecule has 2 aromatic rings. The summed E-state index contributed by atoms with van der Waals surface area (Å²) in [5, 5.41) is 12.0. The Labute approximate surface area is 145 Å². The lowest BCUT2D eigenvalue weighted by Gasteiger charge is -2.49. The second-order valence-electron chi connectivity index (χ2n) is 6.79. The minimum atomic E-state index is -0.903. The third-order valence-electron chi connectivity index (χ3n) is 4.68. The average molecular weight is 343 g/mol. The van der Waals surface area contributed by atoms with Gasteiger partial charge in [-0.3, -0.25) is 9.59 Å². The Morgan fingerprint density at radius 1 is 1.29 bits per heavy atom. The summed E-state index contributed by atoms with van der Waals surface area (Å²) in [5.74, 6) is -1.54. The normalized spacial score (nSPS) is 23.4. The van der Waals surface area contributed by atoms with Crippen LogP contribution in [-0.4, -0.2) is 28.4 Å². The van der Waals surface area contributed by atoms with Crippen LogP contribution in [0, 0.1) is 5.92 Å². The van der Waals surface area contributed by atoms with E-state index in [1.54, 1.807) is 29.2 Å². The Balaban J connectivity index is 2.28. The van der Waals surface area contributed by atoms with Crippen LogP contribution in [0.1, 0.15) is 47.5 Å². The lowest BCUT2D eigenvalue weighted by atomic mass is 9.72. The Kier molecular flexibility index (Phi) is 4.22. The predicted octanol–water partition coefficient (Wildman–Crippen LogP) is 3.94. The standard InChI is InChI=1S/C19H21NO3S/c1-12(2)11-20-17(21)14-8-5-4-7-13(14)16(18(22)23)19(20,3)15-9-6-10-24-15/h4-10,12,16H,11H2,1-3H3,(H,22,23). The first-order valence-electron chi connectivity index (χ1n) is 8.05. The minimum Gasteiger partial charge on any atom is -0.481 e. The minimum absolute atomic E-state index is 0.0901. The molecule has 0 aliphatic carbocycles. The van der Waals surface area contributed by atoms with Crippen LogP contribution in [0.5, 0.6) is 0 Å². The zero-order valence-electron chi connectivity index (χ0n) is 14.0. The van der Waals surface area contributed by atoms with Gasteiger partial charge in [0.15, 0.2) is 0 Å². The van der Waals surface area contributed by atoms with Gasteiger partial charge in [0.05, 0.1) is 5.54 Å². The molecule has 0 fully saturated rings. The number of hydrogen-bond donors (Lipinski definition) is 1. The first-order chi connectivity index (χ1) is 11.4. The Morgan fingerprint density at radius 3 is 2.58 bits per heavy atom. The molecule has 0 spiro atoms. The number of benzene rings is 1. The fraction of sp³-hybridized carbons (Fsp3) is 0.368. The van der Waals surface area contributed by atoms with Gasteiger partial charge >= 0.3 is 5.97 Å². The summed E-state index contributed by atoms with van der Waals surface area (Å²) in [4.78, 5) is 28.1. The predicted molar refractivity (Wildman–Crippen MR) is 94.4 cm³/mol. The first kappa shape index (κ1) is 16.7. The monoisotopic (exact) mass is 343 g/mol. The molecule has 0 radical (unpaired) electrons. The van der Waals surface area contributed by atoms with Crippen LogP contribution in [0.25, 0.3) is 0 Å². The number of hydrogen-bond acceptors (Lipinski definition) is 3. The van der Waals surface area contributed by atoms with Gasteiger partial charge in [-0.05, 0) is 35.9 Å². The second kappa shape index (κ2) is 6.06. The molecule has 0 bridgehead atoms. The molecule has 1 aromatic carbocycles. The third-order valence-corrected chi connectivity index (χ3v) is 5.78. The van der Waals surface area contributed by atoms with Crippen LogP contribution in [0.15, 0.2) is 41.8 Å². The molecule has 2 atom stereocenters. The molecule has 0 saturated carbocycles. The van der Waals surface area contributed by atoms with Gasteiger partial charge in [-0.25, -0.2) is 0 Å². The van der Waals surface area contributed by atoms with E-state index in [4.69, 9.17) is 0 Å². The fourth-order valence-corrected chi connectivity index (χ4v) is 4.54. The van der Waals surface area contributed by atoms with Crippen molar-refractivity contribution in [1.29, 1.82) is 0 Å². The Morgan fingerprint density at radius 2 is 2.00 bits per heavy atom. The largest absolute Gasteiger partial charge is 0.481 e. The Hall–Kier alpha value is -2.14. The smallest absolute Gasteiger partial charge is 0.313 e. The number of fused-ring (bicyclic) bond motifs is 1. The van der Waals surface area contributed by atoms with Crippen LogP contribution < -0.4 is 0 Å². The molecule has 1 N–H and O–H groups in total. The molecular formula is C19H21NO3S. The van der Waals surface area contributed by atoms with Crippen LogP contribution in [0.2, 0.25) is 0 Å². The van der Waals surface area contributed by atoms with Crippen LogP contribution in [0.4, 0.5) is 0 Å². The van der Waals surface area contributed by atoms with Crippen LogP contribution in [-0.2, 0) is 10.3 Å². The van der Waals surface area contributed by atoms with Gasteiger partial charge < -0.3 is 10.0 Å². The molecule has 3 rings (SSSR count). The Bertz CT molecular complexity index is 769. The highest BCUT2D eigenvalue weighted by Crippen LogP contribution is 2.49. The summed E-state index contributed by atoms with van der Waals surface area (Å²) in [6, 6.07) is 10.9. The maximum absolute atomic E-state index is 13.2. The zero-order valence-corrected chi connectivity index (χ0v) is 14.8. The van der Waals surface area contributed by atoms with E-state index >= 15 is 0 Å². The number of carboxylic acid groups (broad SMARTS) is 1. The summed E-state index contributed by atoms with van der Waals surface area (Å²) in [5.41, 5.74) is 0.209. The molecule has 1 aliphatic heterocycles. The lowest BCUT2D eigenvalue weighted by molar-refractivity contribution is -0.143. The number of carbonyl (C=O) groups is 2. The van der Waals surface area contributed by atoms with E-state index in [1.807, 2.05) is 38.3 Å². The summed E-state index contributed by atoms with van der Waals surface area (Å²) >= 11 is 1.50. The fourth-order valence-electron chi connectivity index (χ4n) is 3.61. The van der Waals surface area contributed by atoms with Crippen molar-refractivity contribution in [2.75, 3.05) is 6.54 Å². The molecular weight excluding hydrogens is 322 g/mol. The van der Waals surface area contributed by atoms with E-state index in [1.165, 1.54) is 11.3 Å². The number of carboxylic acids is 1. The van der Waals surface area contributed by atoms with E-state index in [0.29, 0.717) is 17.7 Å². The molecule has 5 heteroatoms. The molecule has 0 saturated heterocycles. The molecule has 4 nitrogen and oxygen atoms in total. The zero-order chi connectivity index (χ0) is 17.5. The number of carbonyl (C=O) groups excluding carboxylic acids is 1. The maximum atomic E-state index is 13.2. The summed E-state index contributed by atoms with van der Waals surface area (Å²) in [6.45, 7) is 6.48. The number of rotatable bonds is 4. The van der Waals surface area contributed by atoms with Crippen molar-refractivity contribution in [2.24, 2.45) is 5.92 Å². The van der Waals surface area contributed by atoms with Crippen molar-refractivity contribution in [3.8, 4) is 0 Å². The van der Waals surface area contributed by atoms with Gasteiger partial charge in [-0.1, -0.05) is 38.1 Å². The average Bonchev–Trinajstić information content (AvgIpc) is 3.06. The van der Waals surface area contributed by atoms with Crippen molar-refractivity contribution < 1.29 is 14.7 Å². The summed E-state index contributed by atoms with van der Waals surface area (Å²) < 4.78 is 0. The quantitative estimate of drug-likeness (QED) is 0.915. The second-order valence-corrected chi connectivity index (χ2v) is 7.74. The molecule has 1 aromatic heterocycles. The van der Waals surface area contributed by atoms with Gasteiger partial charge in [0.2, 0.25) is 0 Å². The summed E-state index contributed by atoms with van der Waals surface area (Å²) in [6.07, 6.45) is 0. The molecule has 1 aliphatic rings. The van der Waals surface area contributed by atoms with Crippen molar-refractivity contribution in [3.05, 3.63) is 57.8 Å². The molecule has 2 unspecified atom stereocenters. The number of thiophene rings is 1. The van der Waals surface area contributed by atoms with E-state index < -0.39 is 17.4 Å². The van der Waals surface area contributed by atoms with E-state index in [2.05, 4.69) is 0 Å². The molecule has 24 heavy (non-hydrogen) atoms. The van der Waals surface area contributed by atoms with E-state index in [9.17, 15) is 14.7 Å².